The highest BCUT2D eigenvalue weighted by atomic mass is 19.1. The predicted molar refractivity (Wildman–Crippen MR) is 79.7 cm³/mol. The van der Waals surface area contributed by atoms with E-state index in [1.54, 1.807) is 13.0 Å². The molecule has 0 spiro atoms. The number of halogens is 1. The highest BCUT2D eigenvalue weighted by Crippen LogP contribution is 2.29. The number of carbonyl (C=O) groups is 2. The minimum atomic E-state index is -0.483. The van der Waals surface area contributed by atoms with Crippen molar-refractivity contribution in [3.63, 3.8) is 0 Å². The highest BCUT2D eigenvalue weighted by Gasteiger charge is 2.18. The number of carbonyl (C=O) groups excluding carboxylic acids is 2. The number of benzene rings is 1. The van der Waals surface area contributed by atoms with Gasteiger partial charge in [0.25, 0.3) is 0 Å². The Morgan fingerprint density at radius 2 is 2.14 bits per heavy atom. The summed E-state index contributed by atoms with van der Waals surface area (Å²) >= 11 is 0. The van der Waals surface area contributed by atoms with Crippen LogP contribution < -0.4 is 16.4 Å². The summed E-state index contributed by atoms with van der Waals surface area (Å²) in [5, 5.41) is 5.90. The molecule has 1 aromatic heterocycles. The van der Waals surface area contributed by atoms with Crippen molar-refractivity contribution in [2.45, 2.75) is 26.3 Å². The highest BCUT2D eigenvalue weighted by molar-refractivity contribution is 5.82. The Bertz CT molecular complexity index is 711. The Balaban J connectivity index is 2.06. The van der Waals surface area contributed by atoms with E-state index in [4.69, 9.17) is 10.2 Å². The summed E-state index contributed by atoms with van der Waals surface area (Å²) in [6.45, 7) is 3.73. The number of aryl methyl sites for hydroxylation is 1. The van der Waals surface area contributed by atoms with E-state index in [1.807, 2.05) is 6.92 Å². The van der Waals surface area contributed by atoms with Crippen LogP contribution >= 0.6 is 0 Å². The Labute approximate surface area is 126 Å². The van der Waals surface area contributed by atoms with Crippen molar-refractivity contribution in [3.05, 3.63) is 35.3 Å². The van der Waals surface area contributed by atoms with Crippen LogP contribution in [0.1, 0.15) is 30.7 Å². The van der Waals surface area contributed by atoms with E-state index in [-0.39, 0.29) is 18.8 Å². The van der Waals surface area contributed by atoms with Gasteiger partial charge in [-0.1, -0.05) is 0 Å². The van der Waals surface area contributed by atoms with Gasteiger partial charge in [0.2, 0.25) is 5.91 Å². The zero-order chi connectivity index (χ0) is 16.3. The molecule has 3 amide bonds. The van der Waals surface area contributed by atoms with Crippen LogP contribution in [0.4, 0.5) is 9.18 Å². The maximum absolute atomic E-state index is 13.3. The molecule has 0 saturated carbocycles. The largest absolute Gasteiger partial charge is 0.459 e. The maximum Gasteiger partial charge on any atom is 0.315 e. The van der Waals surface area contributed by atoms with Crippen LogP contribution in [0.5, 0.6) is 0 Å². The minimum absolute atomic E-state index is 0.0742. The minimum Gasteiger partial charge on any atom is -0.459 e. The molecule has 0 aliphatic heterocycles. The number of primary amides is 1. The molecule has 118 valence electrons. The molecule has 2 aromatic rings. The predicted octanol–water partition coefficient (Wildman–Crippen LogP) is 2.12. The number of nitrogens with one attached hydrogen (secondary N) is 2. The number of hydrogen-bond acceptors (Lipinski definition) is 3. The molecule has 6 nitrogen and oxygen atoms in total. The lowest BCUT2D eigenvalue weighted by Crippen LogP contribution is -2.38. The Morgan fingerprint density at radius 3 is 2.82 bits per heavy atom. The molecule has 4 N–H and O–H groups in total. The fourth-order valence-corrected chi connectivity index (χ4v) is 2.24. The quantitative estimate of drug-likeness (QED) is 0.789. The van der Waals surface area contributed by atoms with Crippen LogP contribution in [0.2, 0.25) is 0 Å². The molecule has 1 aromatic carbocycles. The monoisotopic (exact) mass is 307 g/mol. The lowest BCUT2D eigenvalue weighted by atomic mass is 10.1. The maximum atomic E-state index is 13.3. The van der Waals surface area contributed by atoms with Gasteiger partial charge >= 0.3 is 6.03 Å². The van der Waals surface area contributed by atoms with Crippen LogP contribution in [0.25, 0.3) is 11.0 Å². The normalized spacial score (nSPS) is 12.1. The van der Waals surface area contributed by atoms with Gasteiger partial charge in [0.05, 0.1) is 6.04 Å². The number of furan rings is 1. The number of nitrogens with two attached hydrogens (primary N) is 1. The Morgan fingerprint density at radius 1 is 1.41 bits per heavy atom. The number of hydrogen-bond donors (Lipinski definition) is 3. The molecule has 1 atom stereocenters. The third-order valence-corrected chi connectivity index (χ3v) is 3.33. The Hall–Kier alpha value is -2.57. The topological polar surface area (TPSA) is 97.4 Å². The van der Waals surface area contributed by atoms with Crippen LogP contribution in [-0.4, -0.2) is 18.5 Å². The molecule has 0 saturated heterocycles. The average Bonchev–Trinajstić information content (AvgIpc) is 2.75. The van der Waals surface area contributed by atoms with Crippen molar-refractivity contribution in [2.75, 3.05) is 6.54 Å². The van der Waals surface area contributed by atoms with Crippen molar-refractivity contribution in [1.29, 1.82) is 0 Å². The molecule has 0 fully saturated rings. The molecule has 7 heteroatoms. The summed E-state index contributed by atoms with van der Waals surface area (Å²) in [5.41, 5.74) is 6.33. The molecule has 2 rings (SSSR count). The fourth-order valence-electron chi connectivity index (χ4n) is 2.24. The van der Waals surface area contributed by atoms with Gasteiger partial charge < -0.3 is 20.8 Å². The number of fused-ring (bicyclic) bond motifs is 1. The number of rotatable bonds is 5. The van der Waals surface area contributed by atoms with Crippen LogP contribution in [0.3, 0.4) is 0 Å². The summed E-state index contributed by atoms with van der Waals surface area (Å²) in [5.74, 6) is -0.262. The molecule has 22 heavy (non-hydrogen) atoms. The summed E-state index contributed by atoms with van der Waals surface area (Å²) in [4.78, 5) is 22.3. The van der Waals surface area contributed by atoms with Gasteiger partial charge in [0.1, 0.15) is 17.2 Å². The van der Waals surface area contributed by atoms with Crippen LogP contribution in [0, 0.1) is 12.7 Å². The van der Waals surface area contributed by atoms with Crippen LogP contribution in [-0.2, 0) is 4.79 Å². The van der Waals surface area contributed by atoms with E-state index in [0.29, 0.717) is 16.7 Å². The van der Waals surface area contributed by atoms with E-state index in [1.165, 1.54) is 12.1 Å². The average molecular weight is 307 g/mol. The Kier molecular flexibility index (Phi) is 4.65. The molecule has 0 radical (unpaired) electrons. The van der Waals surface area contributed by atoms with Gasteiger partial charge in [0.15, 0.2) is 0 Å². The van der Waals surface area contributed by atoms with Gasteiger partial charge in [-0.15, -0.1) is 0 Å². The SMILES string of the molecule is Cc1c([C@@H](C)NC(=O)NCCC(N)=O)oc2ccc(F)cc12. The number of amides is 3. The first-order valence-corrected chi connectivity index (χ1v) is 6.89. The van der Waals surface area contributed by atoms with Gasteiger partial charge in [-0.2, -0.15) is 0 Å². The second-order valence-electron chi connectivity index (χ2n) is 5.07. The van der Waals surface area contributed by atoms with Crippen molar-refractivity contribution < 1.29 is 18.4 Å². The van der Waals surface area contributed by atoms with E-state index in [2.05, 4.69) is 10.6 Å². The third-order valence-electron chi connectivity index (χ3n) is 3.33. The van der Waals surface area contributed by atoms with Gasteiger partial charge in [-0.3, -0.25) is 4.79 Å². The van der Waals surface area contributed by atoms with Gasteiger partial charge in [-0.05, 0) is 32.0 Å². The lowest BCUT2D eigenvalue weighted by molar-refractivity contribution is -0.117. The first-order chi connectivity index (χ1) is 10.4. The first-order valence-electron chi connectivity index (χ1n) is 6.89. The smallest absolute Gasteiger partial charge is 0.315 e. The van der Waals surface area contributed by atoms with E-state index in [0.717, 1.165) is 5.56 Å². The lowest BCUT2D eigenvalue weighted by Gasteiger charge is -2.13. The van der Waals surface area contributed by atoms with E-state index < -0.39 is 18.0 Å². The second kappa shape index (κ2) is 6.46. The molecular formula is C15H18FN3O3. The molecule has 0 aliphatic rings. The molecule has 1 heterocycles. The summed E-state index contributed by atoms with van der Waals surface area (Å²) in [7, 11) is 0. The van der Waals surface area contributed by atoms with Gasteiger partial charge in [-0.25, -0.2) is 9.18 Å². The zero-order valence-corrected chi connectivity index (χ0v) is 12.4. The van der Waals surface area contributed by atoms with E-state index >= 15 is 0 Å². The van der Waals surface area contributed by atoms with Gasteiger partial charge in [0, 0.05) is 23.9 Å². The van der Waals surface area contributed by atoms with Crippen molar-refractivity contribution in [1.82, 2.24) is 10.6 Å². The summed E-state index contributed by atoms with van der Waals surface area (Å²) in [6.07, 6.45) is 0.0742. The van der Waals surface area contributed by atoms with Crippen molar-refractivity contribution in [2.24, 2.45) is 5.73 Å². The number of urea groups is 1. The first kappa shape index (κ1) is 15.8. The van der Waals surface area contributed by atoms with Crippen molar-refractivity contribution >= 4 is 22.9 Å². The van der Waals surface area contributed by atoms with Crippen molar-refractivity contribution in [3.8, 4) is 0 Å². The standard InChI is InChI=1S/C15H18FN3O3/c1-8-11-7-10(16)3-4-12(11)22-14(8)9(2)19-15(21)18-6-5-13(17)20/h3-4,7,9H,5-6H2,1-2H3,(H2,17,20)(H2,18,19,21)/t9-/m1/s1. The third kappa shape index (κ3) is 3.55. The second-order valence-corrected chi connectivity index (χ2v) is 5.07. The zero-order valence-electron chi connectivity index (χ0n) is 12.4. The summed E-state index contributed by atoms with van der Waals surface area (Å²) < 4.78 is 19.0. The van der Waals surface area contributed by atoms with Crippen LogP contribution in [0.15, 0.2) is 22.6 Å². The summed E-state index contributed by atoms with van der Waals surface area (Å²) in [6, 6.07) is 3.45. The molecule has 0 aliphatic carbocycles. The molecule has 0 unspecified atom stereocenters. The molecular weight excluding hydrogens is 289 g/mol. The molecule has 0 bridgehead atoms. The van der Waals surface area contributed by atoms with E-state index in [9.17, 15) is 14.0 Å². The fraction of sp³-hybridized carbons (Fsp3) is 0.333.